The molecule has 10 heteroatoms. The third kappa shape index (κ3) is 4.43. The van der Waals surface area contributed by atoms with Crippen LogP contribution in [0.5, 0.6) is 0 Å². The van der Waals surface area contributed by atoms with E-state index in [4.69, 9.17) is 38.6 Å². The molecule has 0 spiro atoms. The molecule has 0 heterocycles. The lowest BCUT2D eigenvalue weighted by molar-refractivity contribution is 0.0905. The summed E-state index contributed by atoms with van der Waals surface area (Å²) >= 11 is 11.4. The summed E-state index contributed by atoms with van der Waals surface area (Å²) in [4.78, 5) is 11.2. The minimum absolute atomic E-state index is 0.208. The molecule has 0 aliphatic carbocycles. The number of nitrogens with one attached hydrogen (secondary N) is 1. The molecule has 1 N–H and O–H groups in total. The largest absolute Gasteiger partial charge is 0.383 e. The number of rotatable bonds is 5. The lowest BCUT2D eigenvalue weighted by Gasteiger charge is -2.15. The fraction of sp³-hybridized carbons (Fsp3) is 0.364. The third-order valence-electron chi connectivity index (χ3n) is 2.40. The first-order chi connectivity index (χ1) is 9.59. The molecule has 0 radical (unpaired) electrons. The molecule has 0 bridgehead atoms. The Morgan fingerprint density at radius 1 is 1.43 bits per heavy atom. The zero-order valence-electron chi connectivity index (χ0n) is 10.9. The van der Waals surface area contributed by atoms with Crippen LogP contribution < -0.4 is 5.32 Å². The molecule has 1 aromatic carbocycles. The maximum Gasteiger partial charge on any atom is 0.264 e. The van der Waals surface area contributed by atoms with Crippen LogP contribution in [0.3, 0.4) is 0 Å². The summed E-state index contributed by atoms with van der Waals surface area (Å²) in [6, 6.07) is 0.346. The SMILES string of the molecule is COCC(C)NC(=O)c1cc(F)c(Cl)c(S(=O)(=O)Cl)c1Cl. The van der Waals surface area contributed by atoms with Crippen molar-refractivity contribution in [3.63, 3.8) is 0 Å². The summed E-state index contributed by atoms with van der Waals surface area (Å²) in [5.41, 5.74) is -0.388. The van der Waals surface area contributed by atoms with Crippen LogP contribution in [0.25, 0.3) is 0 Å². The quantitative estimate of drug-likeness (QED) is 0.632. The Morgan fingerprint density at radius 3 is 2.48 bits per heavy atom. The molecular weight excluding hydrogens is 368 g/mol. The molecule has 21 heavy (non-hydrogen) atoms. The highest BCUT2D eigenvalue weighted by molar-refractivity contribution is 8.14. The summed E-state index contributed by atoms with van der Waals surface area (Å²) in [5, 5.41) is 1.16. The molecule has 1 aromatic rings. The predicted octanol–water partition coefficient (Wildman–Crippen LogP) is 2.82. The molecule has 0 aliphatic rings. The number of hydrogen-bond donors (Lipinski definition) is 1. The molecule has 1 amide bonds. The number of carbonyl (C=O) groups excluding carboxylic acids is 1. The van der Waals surface area contributed by atoms with E-state index in [0.29, 0.717) is 0 Å². The van der Waals surface area contributed by atoms with Crippen LogP contribution in [0.15, 0.2) is 11.0 Å². The number of carbonyl (C=O) groups is 1. The van der Waals surface area contributed by atoms with E-state index >= 15 is 0 Å². The summed E-state index contributed by atoms with van der Waals surface area (Å²) in [5.74, 6) is -1.90. The van der Waals surface area contributed by atoms with Crippen LogP contribution in [0.1, 0.15) is 17.3 Å². The van der Waals surface area contributed by atoms with Gasteiger partial charge in [-0.2, -0.15) is 0 Å². The number of hydrogen-bond acceptors (Lipinski definition) is 4. The molecule has 1 atom stereocenters. The van der Waals surface area contributed by atoms with E-state index in [1.54, 1.807) is 6.92 Å². The van der Waals surface area contributed by atoms with Gasteiger partial charge in [-0.1, -0.05) is 23.2 Å². The van der Waals surface area contributed by atoms with Crippen molar-refractivity contribution in [2.45, 2.75) is 17.9 Å². The standard InChI is InChI=1S/C11H11Cl3FNO4S/c1-5(4-20-2)16-11(17)6-3-7(15)9(13)10(8(6)12)21(14,18)19/h3,5H,4H2,1-2H3,(H,16,17). The monoisotopic (exact) mass is 377 g/mol. The first kappa shape index (κ1) is 18.4. The number of benzene rings is 1. The van der Waals surface area contributed by atoms with Gasteiger partial charge < -0.3 is 10.1 Å². The van der Waals surface area contributed by atoms with E-state index < -0.39 is 41.8 Å². The van der Waals surface area contributed by atoms with Gasteiger partial charge in [0.2, 0.25) is 0 Å². The van der Waals surface area contributed by atoms with Gasteiger partial charge in [-0.25, -0.2) is 12.8 Å². The molecule has 0 fully saturated rings. The van der Waals surface area contributed by atoms with Crippen LogP contribution in [-0.4, -0.2) is 34.1 Å². The Kier molecular flexibility index (Phi) is 6.24. The van der Waals surface area contributed by atoms with Gasteiger partial charge in [0, 0.05) is 23.8 Å². The Hall–Kier alpha value is -0.600. The van der Waals surface area contributed by atoms with Crippen LogP contribution in [0.4, 0.5) is 4.39 Å². The molecule has 118 valence electrons. The predicted molar refractivity (Wildman–Crippen MR) is 78.3 cm³/mol. The minimum atomic E-state index is -4.42. The highest BCUT2D eigenvalue weighted by atomic mass is 35.7. The zero-order chi connectivity index (χ0) is 16.4. The lowest BCUT2D eigenvalue weighted by atomic mass is 10.2. The average molecular weight is 379 g/mol. The van der Waals surface area contributed by atoms with E-state index in [9.17, 15) is 17.6 Å². The first-order valence-electron chi connectivity index (χ1n) is 5.51. The van der Waals surface area contributed by atoms with E-state index in [0.717, 1.165) is 6.07 Å². The van der Waals surface area contributed by atoms with Crippen molar-refractivity contribution in [1.29, 1.82) is 0 Å². The molecule has 0 aromatic heterocycles. The van der Waals surface area contributed by atoms with Crippen LogP contribution in [0.2, 0.25) is 10.0 Å². The third-order valence-corrected chi connectivity index (χ3v) is 4.74. The van der Waals surface area contributed by atoms with Gasteiger partial charge in [-0.15, -0.1) is 0 Å². The van der Waals surface area contributed by atoms with Crippen LogP contribution in [0, 0.1) is 5.82 Å². The number of methoxy groups -OCH3 is 1. The van der Waals surface area contributed by atoms with Gasteiger partial charge in [0.15, 0.2) is 0 Å². The van der Waals surface area contributed by atoms with Gasteiger partial charge in [0.05, 0.1) is 22.2 Å². The summed E-state index contributed by atoms with van der Waals surface area (Å²) in [7, 11) is 2.18. The average Bonchev–Trinajstić information content (AvgIpc) is 2.32. The normalized spacial score (nSPS) is 13.0. The van der Waals surface area contributed by atoms with Gasteiger partial charge in [-0.05, 0) is 13.0 Å². The number of ether oxygens (including phenoxy) is 1. The Labute approximate surface area is 135 Å². The van der Waals surface area contributed by atoms with Crippen molar-refractivity contribution in [3.05, 3.63) is 27.5 Å². The van der Waals surface area contributed by atoms with Crippen molar-refractivity contribution in [2.75, 3.05) is 13.7 Å². The first-order valence-corrected chi connectivity index (χ1v) is 8.58. The number of amides is 1. The summed E-state index contributed by atoms with van der Waals surface area (Å²) in [6.45, 7) is 1.85. The van der Waals surface area contributed by atoms with E-state index in [2.05, 4.69) is 5.32 Å². The smallest absolute Gasteiger partial charge is 0.264 e. The van der Waals surface area contributed by atoms with Crippen molar-refractivity contribution in [1.82, 2.24) is 5.32 Å². The van der Waals surface area contributed by atoms with Crippen molar-refractivity contribution in [3.8, 4) is 0 Å². The number of halogens is 4. The fourth-order valence-corrected chi connectivity index (χ4v) is 3.93. The minimum Gasteiger partial charge on any atom is -0.383 e. The molecule has 0 saturated heterocycles. The van der Waals surface area contributed by atoms with E-state index in [1.807, 2.05) is 0 Å². The second kappa shape index (κ2) is 7.11. The lowest BCUT2D eigenvalue weighted by Crippen LogP contribution is -2.35. The van der Waals surface area contributed by atoms with E-state index in [-0.39, 0.29) is 12.2 Å². The topological polar surface area (TPSA) is 72.5 Å². The van der Waals surface area contributed by atoms with Crippen molar-refractivity contribution in [2.24, 2.45) is 0 Å². The maximum absolute atomic E-state index is 13.7. The molecule has 1 rings (SSSR count). The van der Waals surface area contributed by atoms with Crippen molar-refractivity contribution < 1.29 is 22.3 Å². The van der Waals surface area contributed by atoms with Gasteiger partial charge in [-0.3, -0.25) is 4.79 Å². The Bertz CT molecular complexity index is 666. The van der Waals surface area contributed by atoms with Crippen LogP contribution >= 0.6 is 33.9 Å². The van der Waals surface area contributed by atoms with Gasteiger partial charge in [0.25, 0.3) is 15.0 Å². The summed E-state index contributed by atoms with van der Waals surface area (Å²) in [6.07, 6.45) is 0. The molecule has 0 aliphatic heterocycles. The summed E-state index contributed by atoms with van der Waals surface area (Å²) < 4.78 is 41.3. The second-order valence-corrected chi connectivity index (χ2v) is 7.39. The fourth-order valence-electron chi connectivity index (χ4n) is 1.55. The second-order valence-electron chi connectivity index (χ2n) is 4.13. The van der Waals surface area contributed by atoms with Crippen molar-refractivity contribution >= 4 is 48.8 Å². The van der Waals surface area contributed by atoms with E-state index in [1.165, 1.54) is 7.11 Å². The molecule has 0 saturated carbocycles. The zero-order valence-corrected chi connectivity index (χ0v) is 14.0. The van der Waals surface area contributed by atoms with Crippen LogP contribution in [-0.2, 0) is 13.8 Å². The van der Waals surface area contributed by atoms with Gasteiger partial charge >= 0.3 is 0 Å². The molecule has 1 unspecified atom stereocenters. The highest BCUT2D eigenvalue weighted by Crippen LogP contribution is 2.36. The molecular formula is C11H11Cl3FNO4S. The highest BCUT2D eigenvalue weighted by Gasteiger charge is 2.27. The maximum atomic E-state index is 13.7. The Morgan fingerprint density at radius 2 is 2.00 bits per heavy atom. The molecule has 5 nitrogen and oxygen atoms in total. The Balaban J connectivity index is 3.33. The van der Waals surface area contributed by atoms with Gasteiger partial charge in [0.1, 0.15) is 10.7 Å².